The van der Waals surface area contributed by atoms with Crippen molar-refractivity contribution < 1.29 is 33.5 Å². The minimum absolute atomic E-state index is 0.0280. The molecule has 0 spiro atoms. The molecule has 0 bridgehead atoms. The zero-order chi connectivity index (χ0) is 43.8. The van der Waals surface area contributed by atoms with E-state index in [2.05, 4.69) is 56.3 Å². The third-order valence-corrected chi connectivity index (χ3v) is 9.89. The molecular weight excluding hydrogens is 745 g/mol. The van der Waals surface area contributed by atoms with Gasteiger partial charge in [0.2, 0.25) is 35.9 Å². The minimum Gasteiger partial charge on any atom is -0.375 e. The number of likely N-dealkylation sites (tertiary alicyclic amines) is 1. The topological polar surface area (TPSA) is 180 Å². The van der Waals surface area contributed by atoms with Gasteiger partial charge in [0.05, 0.1) is 16.9 Å². The van der Waals surface area contributed by atoms with Crippen molar-refractivity contribution >= 4 is 54.3 Å². The second-order valence-corrected chi connectivity index (χ2v) is 17.0. The number of amides is 6. The summed E-state index contributed by atoms with van der Waals surface area (Å²) in [5, 5.41) is 7.59. The van der Waals surface area contributed by atoms with E-state index in [9.17, 15) is 28.8 Å². The quantitative estimate of drug-likeness (QED) is 0.0385. The maximum Gasteiger partial charge on any atom is 0.246 e. The van der Waals surface area contributed by atoms with Crippen LogP contribution < -0.4 is 21.7 Å². The van der Waals surface area contributed by atoms with Crippen LogP contribution in [0.1, 0.15) is 138 Å². The molecule has 57 heavy (non-hydrogen) atoms. The summed E-state index contributed by atoms with van der Waals surface area (Å²) in [6, 6.07) is 4.79. The number of nitrogens with one attached hydrogen (secondary N) is 3. The standard InChI is InChI=1S/C27H45N5O5S.C13H23NO2.C3H8/c1-7-8-20-9-10-22(31-24(35)19(2)30-23(34)16-29-18-33)15-21(20)17-32(6)25(36)27(5,38)12-14-37-26(3,4)11-13-28;1-4-5-6-7-8-14-12(15)9-11(10(2)3)13(14)16;1-3-2/h9-10,15,18-19,38H,7-8,11-14,16-17,28H2,1-6H3,(H,29,33)(H,30,34)(H,31,35);10-11H,4-9H2,1-3H3;3H2,1-2H3. The molecule has 1 aliphatic heterocycles. The Morgan fingerprint density at radius 3 is 2.21 bits per heavy atom. The molecule has 5 N–H and O–H groups in total. The number of nitrogens with two attached hydrogens (primary N) is 1. The Morgan fingerprint density at radius 2 is 1.67 bits per heavy atom. The van der Waals surface area contributed by atoms with E-state index in [-0.39, 0.29) is 41.7 Å². The van der Waals surface area contributed by atoms with Crippen LogP contribution in [0.5, 0.6) is 0 Å². The van der Waals surface area contributed by atoms with Crippen molar-refractivity contribution in [1.29, 1.82) is 0 Å². The van der Waals surface area contributed by atoms with Crippen molar-refractivity contribution in [1.82, 2.24) is 20.4 Å². The molecule has 1 heterocycles. The Kier molecular flexibility index (Phi) is 26.3. The summed E-state index contributed by atoms with van der Waals surface area (Å²) in [6.07, 6.45) is 9.43. The largest absolute Gasteiger partial charge is 0.375 e. The normalized spacial score (nSPS) is 15.4. The lowest BCUT2D eigenvalue weighted by atomic mass is 9.94. The average molecular weight is 821 g/mol. The molecule has 2 rings (SSSR count). The van der Waals surface area contributed by atoms with Crippen molar-refractivity contribution in [3.8, 4) is 0 Å². The van der Waals surface area contributed by atoms with Crippen LogP contribution in [-0.2, 0) is 46.5 Å². The number of anilines is 1. The van der Waals surface area contributed by atoms with Crippen LogP contribution in [-0.4, -0.2) is 95.4 Å². The Labute approximate surface area is 349 Å². The molecule has 0 saturated carbocycles. The number of hydrogen-bond donors (Lipinski definition) is 5. The maximum absolute atomic E-state index is 13.3. The summed E-state index contributed by atoms with van der Waals surface area (Å²) in [4.78, 5) is 74.7. The van der Waals surface area contributed by atoms with E-state index in [4.69, 9.17) is 10.5 Å². The lowest BCUT2D eigenvalue weighted by Crippen LogP contribution is -2.44. The van der Waals surface area contributed by atoms with Gasteiger partial charge < -0.3 is 31.3 Å². The van der Waals surface area contributed by atoms with Crippen LogP contribution in [0.15, 0.2) is 18.2 Å². The third-order valence-electron chi connectivity index (χ3n) is 9.47. The number of ether oxygens (including phenoxy) is 1. The summed E-state index contributed by atoms with van der Waals surface area (Å²) < 4.78 is 5.02. The first-order valence-electron chi connectivity index (χ1n) is 20.8. The molecule has 3 unspecified atom stereocenters. The van der Waals surface area contributed by atoms with Gasteiger partial charge in [0.1, 0.15) is 6.04 Å². The second kappa shape index (κ2) is 28.0. The molecule has 13 nitrogen and oxygen atoms in total. The van der Waals surface area contributed by atoms with E-state index in [1.54, 1.807) is 31.9 Å². The highest BCUT2D eigenvalue weighted by molar-refractivity contribution is 7.82. The SMILES string of the molecule is CCC.CCCCCCN1C(=O)CC(C(C)C)C1=O.CCCc1ccc(NC(=O)C(C)NC(=O)CNC=O)cc1CN(C)C(=O)C(C)(S)CCOC(C)(C)CCN. The molecule has 1 saturated heterocycles. The highest BCUT2D eigenvalue weighted by atomic mass is 32.1. The lowest BCUT2D eigenvalue weighted by molar-refractivity contribution is -0.140. The van der Waals surface area contributed by atoms with Gasteiger partial charge in [-0.25, -0.2) is 0 Å². The molecule has 14 heteroatoms. The van der Waals surface area contributed by atoms with Crippen LogP contribution in [0.25, 0.3) is 0 Å². The number of carbonyl (C=O) groups excluding carboxylic acids is 6. The number of rotatable bonds is 23. The molecule has 0 aromatic heterocycles. The fraction of sp³-hybridized carbons (Fsp3) is 0.721. The zero-order valence-corrected chi connectivity index (χ0v) is 37.8. The van der Waals surface area contributed by atoms with Crippen molar-refractivity contribution in [3.05, 3.63) is 29.3 Å². The Hall–Kier alpha value is -3.49. The fourth-order valence-corrected chi connectivity index (χ4v) is 6.32. The molecule has 6 amide bonds. The van der Waals surface area contributed by atoms with Gasteiger partial charge in [0.25, 0.3) is 0 Å². The number of carbonyl (C=O) groups is 6. The van der Waals surface area contributed by atoms with Gasteiger partial charge in [-0.3, -0.25) is 33.7 Å². The number of aryl methyl sites for hydroxylation is 1. The Bertz CT molecular complexity index is 1400. The summed E-state index contributed by atoms with van der Waals surface area (Å²) >= 11 is 4.66. The van der Waals surface area contributed by atoms with E-state index in [1.807, 2.05) is 39.8 Å². The number of nitrogens with zero attached hydrogens (tertiary/aromatic N) is 2. The predicted molar refractivity (Wildman–Crippen MR) is 233 cm³/mol. The molecule has 1 fully saturated rings. The van der Waals surface area contributed by atoms with Gasteiger partial charge in [0, 0.05) is 44.8 Å². The van der Waals surface area contributed by atoms with Gasteiger partial charge in [-0.2, -0.15) is 12.6 Å². The third kappa shape index (κ3) is 20.7. The monoisotopic (exact) mass is 821 g/mol. The van der Waals surface area contributed by atoms with Crippen molar-refractivity contribution in [2.45, 2.75) is 156 Å². The first-order valence-corrected chi connectivity index (χ1v) is 21.2. The highest BCUT2D eigenvalue weighted by Crippen LogP contribution is 2.28. The van der Waals surface area contributed by atoms with E-state index in [1.165, 1.54) is 24.2 Å². The molecule has 1 aromatic carbocycles. The van der Waals surface area contributed by atoms with Crippen LogP contribution in [0.4, 0.5) is 5.69 Å². The summed E-state index contributed by atoms with van der Waals surface area (Å²) in [6.45, 7) is 21.5. The zero-order valence-electron chi connectivity index (χ0n) is 36.9. The van der Waals surface area contributed by atoms with E-state index in [0.717, 1.165) is 43.2 Å². The molecular formula is C43H76N6O7S. The number of hydrogen-bond acceptors (Lipinski definition) is 9. The maximum atomic E-state index is 13.3. The first-order chi connectivity index (χ1) is 26.7. The summed E-state index contributed by atoms with van der Waals surface area (Å²) in [7, 11) is 1.74. The molecule has 0 radical (unpaired) electrons. The van der Waals surface area contributed by atoms with Gasteiger partial charge in [0.15, 0.2) is 0 Å². The first kappa shape index (κ1) is 53.5. The number of unbranched alkanes of at least 4 members (excludes halogenated alkanes) is 3. The van der Waals surface area contributed by atoms with E-state index < -0.39 is 22.6 Å². The molecule has 1 aliphatic rings. The van der Waals surface area contributed by atoms with Crippen LogP contribution >= 0.6 is 12.6 Å². The van der Waals surface area contributed by atoms with E-state index in [0.29, 0.717) is 51.2 Å². The number of thiol groups is 1. The second-order valence-electron chi connectivity index (χ2n) is 16.0. The van der Waals surface area contributed by atoms with Crippen LogP contribution in [0, 0.1) is 11.8 Å². The van der Waals surface area contributed by atoms with Gasteiger partial charge >= 0.3 is 0 Å². The van der Waals surface area contributed by atoms with Gasteiger partial charge in [-0.05, 0) is 89.1 Å². The van der Waals surface area contributed by atoms with Crippen LogP contribution in [0.2, 0.25) is 0 Å². The van der Waals surface area contributed by atoms with E-state index >= 15 is 0 Å². The average Bonchev–Trinajstić information content (AvgIpc) is 3.42. The highest BCUT2D eigenvalue weighted by Gasteiger charge is 2.39. The minimum atomic E-state index is -0.920. The Morgan fingerprint density at radius 1 is 1.02 bits per heavy atom. The number of benzene rings is 1. The molecule has 326 valence electrons. The summed E-state index contributed by atoms with van der Waals surface area (Å²) in [5.41, 5.74) is 7.84. The fourth-order valence-electron chi connectivity index (χ4n) is 6.06. The summed E-state index contributed by atoms with van der Waals surface area (Å²) in [5.74, 6) is -0.712. The molecule has 3 atom stereocenters. The van der Waals surface area contributed by atoms with Crippen molar-refractivity contribution in [2.75, 3.05) is 38.6 Å². The van der Waals surface area contributed by atoms with Gasteiger partial charge in [-0.1, -0.05) is 79.7 Å². The molecule has 1 aromatic rings. The molecule has 0 aliphatic carbocycles. The van der Waals surface area contributed by atoms with Crippen molar-refractivity contribution in [3.63, 3.8) is 0 Å². The smallest absolute Gasteiger partial charge is 0.246 e. The van der Waals surface area contributed by atoms with Gasteiger partial charge in [-0.15, -0.1) is 0 Å². The van der Waals surface area contributed by atoms with Crippen molar-refractivity contribution in [2.24, 2.45) is 17.6 Å². The van der Waals surface area contributed by atoms with Crippen LogP contribution in [0.3, 0.4) is 0 Å². The predicted octanol–water partition coefficient (Wildman–Crippen LogP) is 6.02. The Balaban J connectivity index is 0.00000136. The lowest BCUT2D eigenvalue weighted by Gasteiger charge is -2.31. The number of imide groups is 1.